The Hall–Kier alpha value is -10.3. The minimum atomic E-state index is -0.655. The highest BCUT2D eigenvalue weighted by Gasteiger charge is 2.67. The van der Waals surface area contributed by atoms with E-state index in [9.17, 15) is 48.6 Å². The summed E-state index contributed by atoms with van der Waals surface area (Å²) in [6.07, 6.45) is 20.8. The number of carboxylic acid groups (broad SMARTS) is 1. The van der Waals surface area contributed by atoms with Crippen molar-refractivity contribution in [1.29, 1.82) is 0 Å². The first kappa shape index (κ1) is 64.0. The zero-order valence-electron chi connectivity index (χ0n) is 56.8. The summed E-state index contributed by atoms with van der Waals surface area (Å²) in [4.78, 5) is 97.8. The molecule has 14 heteroatoms. The third-order valence-corrected chi connectivity index (χ3v) is 24.2. The zero-order valence-corrected chi connectivity index (χ0v) is 56.8. The quantitative estimate of drug-likeness (QED) is 0.167. The van der Waals surface area contributed by atoms with Crippen molar-refractivity contribution in [2.75, 3.05) is 7.11 Å². The molecule has 0 radical (unpaired) electrons. The lowest BCUT2D eigenvalue weighted by Crippen LogP contribution is -2.62. The van der Waals surface area contributed by atoms with Crippen LogP contribution in [0, 0.1) is 46.8 Å². The standard InChI is InChI=1S/C29H38O4.C18H13NO3.2C18H13NO2/c1-17-18-7-8-21-27(4,19(18)15-20(30)23(17)31)12-14-29(6)22-16-26(3,24(32)33)10-9-25(22,2)11-13-28(21,29)5;1-19-14-6-3-10(22-2)9-13(14)11-4-5-12-15(20)7-8-16(21)17(12)18(11)19;1-10-3-6-14-13(9-10)11-4-5-12-15(20)7-8-16(21)17(12)18(11)19(14)2;1-10-4-3-5-13-16(10)12-7-6-11-14(20)8-9-15(21)17(11)18(12)19(13)2/h7-8,15,22,31H,9-14,16H2,1-6H3,(H,32,33);3-9H,1-2H3;2*3-9H,1-2H3/t22-,25-,26-,27+,28-,29+;;;/m1.../s1. The Balaban J connectivity index is 0.000000113. The number of carbonyl (C=O) groups is 8. The highest BCUT2D eigenvalue weighted by Crippen LogP contribution is 2.75. The highest BCUT2D eigenvalue weighted by molar-refractivity contribution is 6.31. The summed E-state index contributed by atoms with van der Waals surface area (Å²) in [5, 5.41) is 26.6. The number of rotatable bonds is 2. The minimum absolute atomic E-state index is 0.0000746. The molecule has 0 unspecified atom stereocenters. The van der Waals surface area contributed by atoms with Gasteiger partial charge in [-0.3, -0.25) is 38.4 Å². The van der Waals surface area contributed by atoms with E-state index in [1.54, 1.807) is 31.4 Å². The molecule has 0 bridgehead atoms. The molecule has 6 atom stereocenters. The minimum Gasteiger partial charge on any atom is -0.504 e. The molecule has 3 fully saturated rings. The van der Waals surface area contributed by atoms with Crippen LogP contribution in [0.25, 0.3) is 65.4 Å². The summed E-state index contributed by atoms with van der Waals surface area (Å²) in [6.45, 7) is 17.4. The first-order valence-corrected chi connectivity index (χ1v) is 33.3. The van der Waals surface area contributed by atoms with E-state index >= 15 is 0 Å². The van der Waals surface area contributed by atoms with Crippen LogP contribution in [0.15, 0.2) is 174 Å². The smallest absolute Gasteiger partial charge is 0.309 e. The Bertz CT molecular complexity index is 5430. The molecule has 9 aromatic rings. The fourth-order valence-electron chi connectivity index (χ4n) is 18.4. The second-order valence-corrected chi connectivity index (χ2v) is 29.3. The van der Waals surface area contributed by atoms with Crippen LogP contribution in [-0.2, 0) is 30.7 Å². The molecule has 0 aliphatic heterocycles. The first-order chi connectivity index (χ1) is 46.0. The number of hydrogen-bond acceptors (Lipinski definition) is 10. The summed E-state index contributed by atoms with van der Waals surface area (Å²) in [6, 6.07) is 29.2. The van der Waals surface area contributed by atoms with Crippen LogP contribution in [0.4, 0.5) is 0 Å². The van der Waals surface area contributed by atoms with Gasteiger partial charge in [0.1, 0.15) is 5.75 Å². The van der Waals surface area contributed by atoms with Gasteiger partial charge in [0.2, 0.25) is 5.78 Å². The molecule has 6 aromatic carbocycles. The number of carbonyl (C=O) groups excluding carboxylic acids is 7. The van der Waals surface area contributed by atoms with Crippen LogP contribution in [0.5, 0.6) is 5.75 Å². The average molecular weight is 1290 g/mol. The van der Waals surface area contributed by atoms with Gasteiger partial charge in [0.15, 0.2) is 40.5 Å². The topological polar surface area (TPSA) is 201 Å². The molecule has 14 nitrogen and oxygen atoms in total. The summed E-state index contributed by atoms with van der Waals surface area (Å²) in [5.41, 5.74) is 14.3. The lowest BCUT2D eigenvalue weighted by molar-refractivity contribution is -0.178. The molecule has 8 aliphatic rings. The first-order valence-electron chi connectivity index (χ1n) is 33.3. The van der Waals surface area contributed by atoms with Crippen molar-refractivity contribution in [3.05, 3.63) is 218 Å². The van der Waals surface area contributed by atoms with Gasteiger partial charge in [-0.1, -0.05) is 87.4 Å². The normalized spacial score (nSPS) is 25.2. The van der Waals surface area contributed by atoms with E-state index in [1.165, 1.54) is 53.2 Å². The fraction of sp³-hybridized carbons (Fsp3) is 0.301. The second-order valence-electron chi connectivity index (χ2n) is 29.3. The van der Waals surface area contributed by atoms with Gasteiger partial charge in [0.05, 0.1) is 45.8 Å². The Morgan fingerprint density at radius 1 is 0.526 bits per heavy atom. The summed E-state index contributed by atoms with van der Waals surface area (Å²) < 4.78 is 11.3. The molecule has 490 valence electrons. The van der Waals surface area contributed by atoms with Crippen molar-refractivity contribution in [3.8, 4) is 5.75 Å². The Labute approximate surface area is 561 Å². The summed E-state index contributed by atoms with van der Waals surface area (Å²) in [5.74, 6) is -0.627. The van der Waals surface area contributed by atoms with Crippen molar-refractivity contribution in [2.45, 2.75) is 100 Å². The zero-order chi connectivity index (χ0) is 69.1. The lowest BCUT2D eigenvalue weighted by Gasteiger charge is -2.70. The maximum Gasteiger partial charge on any atom is 0.309 e. The monoisotopic (exact) mass is 1290 g/mol. The largest absolute Gasteiger partial charge is 0.504 e. The van der Waals surface area contributed by atoms with Crippen LogP contribution < -0.4 is 4.74 Å². The number of aromatic nitrogens is 3. The fourth-order valence-corrected chi connectivity index (χ4v) is 18.4. The van der Waals surface area contributed by atoms with Crippen molar-refractivity contribution >= 4 is 112 Å². The van der Waals surface area contributed by atoms with Crippen molar-refractivity contribution < 1.29 is 53.3 Å². The molecular weight excluding hydrogens is 1210 g/mol. The maximum absolute atomic E-state index is 12.6. The molecule has 97 heavy (non-hydrogen) atoms. The van der Waals surface area contributed by atoms with Gasteiger partial charge in [0.25, 0.3) is 0 Å². The van der Waals surface area contributed by atoms with Crippen LogP contribution in [0.1, 0.15) is 160 Å². The Morgan fingerprint density at radius 3 is 1.59 bits per heavy atom. The van der Waals surface area contributed by atoms with E-state index in [0.29, 0.717) is 44.9 Å². The number of carboxylic acids is 1. The van der Waals surface area contributed by atoms with Gasteiger partial charge < -0.3 is 28.7 Å². The Morgan fingerprint density at radius 2 is 1.03 bits per heavy atom. The average Bonchev–Trinajstić information content (AvgIpc) is 1.61. The summed E-state index contributed by atoms with van der Waals surface area (Å²) in [7, 11) is 7.42. The SMILES string of the molecule is CC1=C(O)C(=O)C=C2C1=CC=C1[C@@]2(C)CC[C@@]2(C)[C@@H]3C[C@](C)(C(=O)O)CC[C@]3(C)CC[C@]12C.COc1ccc2c(c1)c1ccc3c(c1n2C)C(=O)C=CC3=O.Cc1ccc2c(c1)c1ccc3c(c1n2C)C(=O)C=CC3=O.Cc1cccc2c1c1ccc3c(c1n2C)C(=O)C=CC3=O. The predicted octanol–water partition coefficient (Wildman–Crippen LogP) is 17.1. The van der Waals surface area contributed by atoms with Crippen LogP contribution in [-0.4, -0.2) is 77.5 Å². The third kappa shape index (κ3) is 9.32. The molecular formula is C83H77N3O11. The number of hydrogen-bond donors (Lipinski definition) is 2. The van der Waals surface area contributed by atoms with Gasteiger partial charge in [-0.05, 0) is 209 Å². The molecule has 8 aliphatic carbocycles. The Kier molecular flexibility index (Phi) is 14.8. The molecule has 3 heterocycles. The van der Waals surface area contributed by atoms with Gasteiger partial charge in [0, 0.05) is 97.7 Å². The number of ether oxygens (including phenoxy) is 1. The van der Waals surface area contributed by atoms with Gasteiger partial charge in [-0.15, -0.1) is 0 Å². The van der Waals surface area contributed by atoms with E-state index < -0.39 is 11.4 Å². The van der Waals surface area contributed by atoms with Crippen molar-refractivity contribution in [3.63, 3.8) is 0 Å². The number of nitrogens with zero attached hydrogens (tertiary/aromatic N) is 3. The van der Waals surface area contributed by atoms with Crippen molar-refractivity contribution in [2.24, 2.45) is 54.1 Å². The number of allylic oxidation sites excluding steroid dienone is 13. The lowest BCUT2D eigenvalue weighted by atomic mass is 9.34. The van der Waals surface area contributed by atoms with E-state index in [-0.39, 0.29) is 67.9 Å². The number of methoxy groups -OCH3 is 1. The number of benzene rings is 6. The molecule has 0 amide bonds. The number of aliphatic hydroxyl groups excluding tert-OH is 1. The number of ketones is 7. The van der Waals surface area contributed by atoms with Gasteiger partial charge in [-0.2, -0.15) is 0 Å². The van der Waals surface area contributed by atoms with E-state index in [0.717, 1.165) is 127 Å². The second kappa shape index (κ2) is 22.4. The maximum atomic E-state index is 12.6. The molecule has 0 saturated heterocycles. The number of aryl methyl sites for hydroxylation is 5. The molecule has 0 spiro atoms. The van der Waals surface area contributed by atoms with Crippen LogP contribution in [0.2, 0.25) is 0 Å². The van der Waals surface area contributed by atoms with E-state index in [2.05, 4.69) is 71.0 Å². The highest BCUT2D eigenvalue weighted by atomic mass is 16.5. The van der Waals surface area contributed by atoms with E-state index in [4.69, 9.17) is 4.74 Å². The molecule has 17 rings (SSSR count). The number of aliphatic hydroxyl groups is 1. The summed E-state index contributed by atoms with van der Waals surface area (Å²) >= 11 is 0. The third-order valence-electron chi connectivity index (χ3n) is 24.2. The van der Waals surface area contributed by atoms with E-state index in [1.807, 2.05) is 104 Å². The van der Waals surface area contributed by atoms with Gasteiger partial charge in [-0.25, -0.2) is 0 Å². The molecule has 3 aromatic heterocycles. The molecule has 2 N–H and O–H groups in total. The van der Waals surface area contributed by atoms with Crippen molar-refractivity contribution in [1.82, 2.24) is 13.7 Å². The number of aliphatic carboxylic acids is 1. The van der Waals surface area contributed by atoms with Gasteiger partial charge >= 0.3 is 5.97 Å². The molecule has 3 saturated carbocycles. The number of fused-ring (bicyclic) bond motifs is 22. The predicted molar refractivity (Wildman–Crippen MR) is 379 cm³/mol. The van der Waals surface area contributed by atoms with Crippen LogP contribution >= 0.6 is 0 Å². The van der Waals surface area contributed by atoms with Crippen LogP contribution in [0.3, 0.4) is 0 Å².